The molecular formula is C30H32Cl2N4O4S. The Morgan fingerprint density at radius 3 is 2.39 bits per heavy atom. The molecule has 1 saturated heterocycles. The Bertz CT molecular complexity index is 1650. The number of carbonyl (C=O) groups excluding carboxylic acids is 2. The lowest BCUT2D eigenvalue weighted by Gasteiger charge is -2.32. The van der Waals surface area contributed by atoms with Gasteiger partial charge in [-0.2, -0.15) is 0 Å². The van der Waals surface area contributed by atoms with E-state index in [0.717, 1.165) is 48.7 Å². The van der Waals surface area contributed by atoms with Gasteiger partial charge in [0.1, 0.15) is 0 Å². The topological polar surface area (TPSA) is 103 Å². The maximum atomic E-state index is 13.3. The molecule has 0 atom stereocenters. The number of benzene rings is 2. The first-order chi connectivity index (χ1) is 19.4. The Hall–Kier alpha value is -3.11. The highest BCUT2D eigenvalue weighted by Crippen LogP contribution is 2.37. The molecule has 0 spiro atoms. The molecule has 5 rings (SSSR count). The molecule has 11 heteroatoms. The molecule has 8 nitrogen and oxygen atoms in total. The molecule has 1 fully saturated rings. The lowest BCUT2D eigenvalue weighted by molar-refractivity contribution is -0.132. The summed E-state index contributed by atoms with van der Waals surface area (Å²) in [5.41, 5.74) is 5.42. The van der Waals surface area contributed by atoms with Crippen LogP contribution < -0.4 is 5.32 Å². The fourth-order valence-corrected chi connectivity index (χ4v) is 7.49. The Labute approximate surface area is 250 Å². The van der Waals surface area contributed by atoms with E-state index in [9.17, 15) is 18.0 Å². The van der Waals surface area contributed by atoms with Gasteiger partial charge in [-0.25, -0.2) is 8.42 Å². The van der Waals surface area contributed by atoms with Crippen molar-refractivity contribution >= 4 is 62.2 Å². The van der Waals surface area contributed by atoms with Crippen LogP contribution in [0.15, 0.2) is 41.3 Å². The van der Waals surface area contributed by atoms with E-state index in [4.69, 9.17) is 23.2 Å². The van der Waals surface area contributed by atoms with E-state index < -0.39 is 9.84 Å². The summed E-state index contributed by atoms with van der Waals surface area (Å²) in [7, 11) is -1.75. The third-order valence-electron chi connectivity index (χ3n) is 7.89. The molecule has 2 aliphatic heterocycles. The molecule has 0 radical (unpaired) electrons. The number of H-pyrrole nitrogens is 1. The molecule has 2 amide bonds. The van der Waals surface area contributed by atoms with Crippen LogP contribution in [-0.4, -0.2) is 68.2 Å². The smallest absolute Gasteiger partial charge is 0.256 e. The van der Waals surface area contributed by atoms with Crippen molar-refractivity contribution in [3.63, 3.8) is 0 Å². The molecule has 2 aliphatic rings. The summed E-state index contributed by atoms with van der Waals surface area (Å²) in [6, 6.07) is 9.44. The number of rotatable bonds is 7. The molecule has 2 aromatic carbocycles. The summed E-state index contributed by atoms with van der Waals surface area (Å²) < 4.78 is 26.7. The van der Waals surface area contributed by atoms with Crippen molar-refractivity contribution in [2.45, 2.75) is 37.3 Å². The lowest BCUT2D eigenvalue weighted by Crippen LogP contribution is -2.47. The molecule has 0 saturated carbocycles. The van der Waals surface area contributed by atoms with Crippen LogP contribution in [0.5, 0.6) is 0 Å². The van der Waals surface area contributed by atoms with Gasteiger partial charge >= 0.3 is 0 Å². The number of aryl methyl sites for hydroxylation is 1. The van der Waals surface area contributed by atoms with Gasteiger partial charge in [-0.05, 0) is 74.9 Å². The summed E-state index contributed by atoms with van der Waals surface area (Å²) in [5, 5.41) is 3.38. The number of hydrogen-bond donors (Lipinski definition) is 2. The van der Waals surface area contributed by atoms with Crippen LogP contribution in [-0.2, 0) is 31.6 Å². The number of sulfone groups is 1. The molecule has 3 heterocycles. The number of likely N-dealkylation sites (N-methyl/N-ethyl adjacent to an activating group) is 1. The first kappa shape index (κ1) is 29.4. The number of nitrogens with one attached hydrogen (secondary N) is 2. The standard InChI is InChI=1S/C30H32Cl2N4O4S/c1-18-21(8-10-29(37)36-13-11-35(3)12-14-36)19(2)33-28(18)16-23-22-15-20(7-9-27(22)34-30(23)38)41(39,40)17-24-25(31)5-4-6-26(24)32/h4-7,9,15-16,33H,8,10-14,17H2,1-3H3,(H,34,38)/b23-16-. The van der Waals surface area contributed by atoms with Gasteiger partial charge < -0.3 is 20.1 Å². The third-order valence-corrected chi connectivity index (χ3v) is 10.2. The zero-order valence-corrected chi connectivity index (χ0v) is 25.5. The van der Waals surface area contributed by atoms with Gasteiger partial charge in [0, 0.05) is 70.8 Å². The quantitative estimate of drug-likeness (QED) is 0.360. The van der Waals surface area contributed by atoms with Crippen molar-refractivity contribution in [1.82, 2.24) is 14.8 Å². The number of amides is 2. The average molecular weight is 616 g/mol. The van der Waals surface area contributed by atoms with E-state index in [1.807, 2.05) is 18.7 Å². The fourth-order valence-electron chi connectivity index (χ4n) is 5.37. The number of anilines is 1. The number of halogens is 2. The monoisotopic (exact) mass is 614 g/mol. The molecular weight excluding hydrogens is 583 g/mol. The van der Waals surface area contributed by atoms with Crippen LogP contribution in [0.1, 0.15) is 40.1 Å². The maximum Gasteiger partial charge on any atom is 0.256 e. The molecule has 0 aliphatic carbocycles. The Morgan fingerprint density at radius 2 is 1.71 bits per heavy atom. The predicted octanol–water partition coefficient (Wildman–Crippen LogP) is 5.11. The van der Waals surface area contributed by atoms with Crippen LogP contribution in [0.2, 0.25) is 10.0 Å². The van der Waals surface area contributed by atoms with Crippen molar-refractivity contribution in [3.8, 4) is 0 Å². The number of hydrogen-bond acceptors (Lipinski definition) is 5. The Balaban J connectivity index is 1.39. The number of nitrogens with zero attached hydrogens (tertiary/aromatic N) is 2. The van der Waals surface area contributed by atoms with Crippen molar-refractivity contribution < 1.29 is 18.0 Å². The molecule has 3 aromatic rings. The Morgan fingerprint density at radius 1 is 1.02 bits per heavy atom. The minimum atomic E-state index is -3.81. The highest BCUT2D eigenvalue weighted by Gasteiger charge is 2.28. The SMILES string of the molecule is Cc1[nH]c(/C=C2\C(=O)Nc3ccc(S(=O)(=O)Cc4c(Cl)cccc4Cl)cc32)c(C)c1CCC(=O)N1CCN(C)CC1. The third kappa shape index (κ3) is 6.09. The highest BCUT2D eigenvalue weighted by atomic mass is 35.5. The van der Waals surface area contributed by atoms with Crippen molar-refractivity contribution in [2.24, 2.45) is 0 Å². The van der Waals surface area contributed by atoms with Crippen molar-refractivity contribution in [3.05, 3.63) is 80.1 Å². The second kappa shape index (κ2) is 11.6. The van der Waals surface area contributed by atoms with Crippen LogP contribution in [0.25, 0.3) is 11.6 Å². The summed E-state index contributed by atoms with van der Waals surface area (Å²) in [5.74, 6) is -0.536. The van der Waals surface area contributed by atoms with Gasteiger partial charge in [0.15, 0.2) is 9.84 Å². The zero-order chi connectivity index (χ0) is 29.5. The molecule has 41 heavy (non-hydrogen) atoms. The first-order valence-corrected chi connectivity index (χ1v) is 15.8. The van der Waals surface area contributed by atoms with E-state index in [0.29, 0.717) is 35.2 Å². The summed E-state index contributed by atoms with van der Waals surface area (Å²) in [4.78, 5) is 33.3. The molecule has 2 N–H and O–H groups in total. The lowest BCUT2D eigenvalue weighted by atomic mass is 10.0. The average Bonchev–Trinajstić information content (AvgIpc) is 3.38. The van der Waals surface area contributed by atoms with Crippen LogP contribution in [0.4, 0.5) is 5.69 Å². The van der Waals surface area contributed by atoms with E-state index >= 15 is 0 Å². The first-order valence-electron chi connectivity index (χ1n) is 13.4. The zero-order valence-electron chi connectivity index (χ0n) is 23.2. The molecule has 216 valence electrons. The number of piperazine rings is 1. The molecule has 0 bridgehead atoms. The number of aromatic nitrogens is 1. The normalized spacial score (nSPS) is 16.8. The van der Waals surface area contributed by atoms with E-state index in [-0.39, 0.29) is 32.5 Å². The largest absolute Gasteiger partial charge is 0.359 e. The number of carbonyl (C=O) groups is 2. The summed E-state index contributed by atoms with van der Waals surface area (Å²) >= 11 is 12.4. The number of aromatic amines is 1. The summed E-state index contributed by atoms with van der Waals surface area (Å²) in [6.45, 7) is 7.17. The molecule has 1 aromatic heterocycles. The predicted molar refractivity (Wildman–Crippen MR) is 163 cm³/mol. The van der Waals surface area contributed by atoms with Crippen LogP contribution in [0, 0.1) is 13.8 Å². The van der Waals surface area contributed by atoms with Gasteiger partial charge in [0.2, 0.25) is 5.91 Å². The highest BCUT2D eigenvalue weighted by molar-refractivity contribution is 7.90. The van der Waals surface area contributed by atoms with E-state index in [1.54, 1.807) is 30.3 Å². The second-order valence-electron chi connectivity index (χ2n) is 10.6. The van der Waals surface area contributed by atoms with Gasteiger partial charge in [-0.15, -0.1) is 0 Å². The van der Waals surface area contributed by atoms with Crippen LogP contribution >= 0.6 is 23.2 Å². The van der Waals surface area contributed by atoms with Gasteiger partial charge in [-0.3, -0.25) is 9.59 Å². The van der Waals surface area contributed by atoms with E-state index in [2.05, 4.69) is 22.2 Å². The van der Waals surface area contributed by atoms with Crippen LogP contribution in [0.3, 0.4) is 0 Å². The molecule has 0 unspecified atom stereocenters. The fraction of sp³-hybridized carbons (Fsp3) is 0.333. The minimum Gasteiger partial charge on any atom is -0.359 e. The number of fused-ring (bicyclic) bond motifs is 1. The maximum absolute atomic E-state index is 13.3. The van der Waals surface area contributed by atoms with Gasteiger partial charge in [0.05, 0.1) is 16.2 Å². The van der Waals surface area contributed by atoms with Crippen molar-refractivity contribution in [1.29, 1.82) is 0 Å². The minimum absolute atomic E-state index is 0.0668. The summed E-state index contributed by atoms with van der Waals surface area (Å²) in [6.07, 6.45) is 2.76. The second-order valence-corrected chi connectivity index (χ2v) is 13.4. The van der Waals surface area contributed by atoms with Crippen molar-refractivity contribution in [2.75, 3.05) is 38.5 Å². The Kier molecular flexibility index (Phi) is 8.34. The van der Waals surface area contributed by atoms with Gasteiger partial charge in [0.25, 0.3) is 5.91 Å². The van der Waals surface area contributed by atoms with E-state index in [1.165, 1.54) is 12.1 Å². The van der Waals surface area contributed by atoms with Gasteiger partial charge in [-0.1, -0.05) is 29.3 Å².